The Labute approximate surface area is 65.5 Å². The van der Waals surface area contributed by atoms with Crippen LogP contribution in [0, 0.1) is 5.92 Å². The van der Waals surface area contributed by atoms with Crippen molar-refractivity contribution in [3.63, 3.8) is 0 Å². The molecule has 0 aliphatic heterocycles. The van der Waals surface area contributed by atoms with Gasteiger partial charge in [0.25, 0.3) is 0 Å². The van der Waals surface area contributed by atoms with E-state index >= 15 is 0 Å². The number of rotatable bonds is 4. The van der Waals surface area contributed by atoms with Crippen LogP contribution in [0.3, 0.4) is 0 Å². The van der Waals surface area contributed by atoms with Crippen molar-refractivity contribution >= 4 is 18.6 Å². The summed E-state index contributed by atoms with van der Waals surface area (Å²) >= 11 is 3.82. The van der Waals surface area contributed by atoms with Crippen LogP contribution in [0.25, 0.3) is 0 Å². The van der Waals surface area contributed by atoms with E-state index in [1.807, 2.05) is 6.92 Å². The second-order valence-electron chi connectivity index (χ2n) is 2.13. The van der Waals surface area contributed by atoms with Crippen LogP contribution in [0.5, 0.6) is 0 Å². The molecule has 0 aliphatic carbocycles. The van der Waals surface area contributed by atoms with E-state index in [9.17, 15) is 4.79 Å². The molecule has 0 spiro atoms. The minimum absolute atomic E-state index is 0.114. The van der Waals surface area contributed by atoms with Crippen LogP contribution in [0.4, 0.5) is 0 Å². The van der Waals surface area contributed by atoms with Crippen molar-refractivity contribution in [1.82, 2.24) is 0 Å². The zero-order chi connectivity index (χ0) is 8.15. The molecule has 0 fully saturated rings. The summed E-state index contributed by atoms with van der Waals surface area (Å²) in [6, 6.07) is 0. The smallest absolute Gasteiger partial charge is 0.316 e. The fourth-order valence-electron chi connectivity index (χ4n) is 0.654. The van der Waals surface area contributed by atoms with E-state index in [4.69, 9.17) is 10.2 Å². The Morgan fingerprint density at radius 3 is 2.30 bits per heavy atom. The van der Waals surface area contributed by atoms with Gasteiger partial charge in [0.2, 0.25) is 0 Å². The van der Waals surface area contributed by atoms with Gasteiger partial charge in [0.1, 0.15) is 5.25 Å². The Morgan fingerprint density at radius 1 is 1.70 bits per heavy atom. The van der Waals surface area contributed by atoms with Gasteiger partial charge in [-0.1, -0.05) is 6.92 Å². The number of carbonyl (C=O) groups is 1. The molecule has 0 radical (unpaired) electrons. The van der Waals surface area contributed by atoms with Gasteiger partial charge in [0, 0.05) is 12.5 Å². The second-order valence-corrected chi connectivity index (χ2v) is 2.69. The maximum Gasteiger partial charge on any atom is 0.316 e. The number of hydrogen-bond acceptors (Lipinski definition) is 3. The summed E-state index contributed by atoms with van der Waals surface area (Å²) in [5, 5.41) is 16.3. The first kappa shape index (κ1) is 9.78. The summed E-state index contributed by atoms with van der Waals surface area (Å²) in [5.74, 6) is -1.20. The van der Waals surface area contributed by atoms with E-state index in [-0.39, 0.29) is 12.5 Å². The topological polar surface area (TPSA) is 57.5 Å². The molecule has 2 unspecified atom stereocenters. The van der Waals surface area contributed by atoms with E-state index in [0.29, 0.717) is 6.42 Å². The zero-order valence-corrected chi connectivity index (χ0v) is 6.71. The lowest BCUT2D eigenvalue weighted by molar-refractivity contribution is -0.137. The molecule has 60 valence electrons. The van der Waals surface area contributed by atoms with Crippen LogP contribution in [-0.4, -0.2) is 28.0 Å². The van der Waals surface area contributed by atoms with Crippen LogP contribution >= 0.6 is 12.6 Å². The van der Waals surface area contributed by atoms with Crippen LogP contribution in [0.2, 0.25) is 0 Å². The highest BCUT2D eigenvalue weighted by molar-refractivity contribution is 7.81. The average Bonchev–Trinajstić information content (AvgIpc) is 1.90. The minimum Gasteiger partial charge on any atom is -0.480 e. The molecule has 0 saturated heterocycles. The largest absolute Gasteiger partial charge is 0.480 e. The third-order valence-corrected chi connectivity index (χ3v) is 2.10. The third kappa shape index (κ3) is 2.58. The van der Waals surface area contributed by atoms with Crippen molar-refractivity contribution in [1.29, 1.82) is 0 Å². The number of hydrogen-bond donors (Lipinski definition) is 3. The normalized spacial score (nSPS) is 16.3. The van der Waals surface area contributed by atoms with E-state index in [0.717, 1.165) is 0 Å². The molecule has 4 heteroatoms. The van der Waals surface area contributed by atoms with Crippen LogP contribution in [-0.2, 0) is 4.79 Å². The van der Waals surface area contributed by atoms with Crippen molar-refractivity contribution in [2.75, 3.05) is 6.61 Å². The lowest BCUT2D eigenvalue weighted by atomic mass is 10.0. The second kappa shape index (κ2) is 4.57. The first-order chi connectivity index (χ1) is 4.63. The quantitative estimate of drug-likeness (QED) is 0.527. The van der Waals surface area contributed by atoms with Gasteiger partial charge in [-0.3, -0.25) is 4.79 Å². The molecule has 0 aromatic carbocycles. The van der Waals surface area contributed by atoms with Crippen molar-refractivity contribution < 1.29 is 15.0 Å². The molecule has 0 heterocycles. The van der Waals surface area contributed by atoms with Gasteiger partial charge in [-0.15, -0.1) is 0 Å². The van der Waals surface area contributed by atoms with E-state index in [1.54, 1.807) is 0 Å². The number of aliphatic carboxylic acids is 1. The molecular weight excluding hydrogens is 152 g/mol. The van der Waals surface area contributed by atoms with Crippen molar-refractivity contribution in [3.8, 4) is 0 Å². The Morgan fingerprint density at radius 2 is 2.20 bits per heavy atom. The van der Waals surface area contributed by atoms with Gasteiger partial charge >= 0.3 is 5.97 Å². The number of carboxylic acid groups (broad SMARTS) is 1. The summed E-state index contributed by atoms with van der Waals surface area (Å²) in [6.07, 6.45) is 0.636. The number of carboxylic acids is 1. The first-order valence-electron chi connectivity index (χ1n) is 3.15. The molecule has 2 N–H and O–H groups in total. The molecular formula is C6H12O3S. The summed E-state index contributed by atoms with van der Waals surface area (Å²) in [5.41, 5.74) is 0. The molecule has 2 atom stereocenters. The van der Waals surface area contributed by atoms with E-state index < -0.39 is 11.2 Å². The first-order valence-corrected chi connectivity index (χ1v) is 3.66. The highest BCUT2D eigenvalue weighted by atomic mass is 32.1. The third-order valence-electron chi connectivity index (χ3n) is 1.46. The Hall–Kier alpha value is -0.220. The van der Waals surface area contributed by atoms with Crippen molar-refractivity contribution in [3.05, 3.63) is 0 Å². The maximum absolute atomic E-state index is 10.3. The average molecular weight is 164 g/mol. The van der Waals surface area contributed by atoms with Gasteiger partial charge in [0.05, 0.1) is 0 Å². The van der Waals surface area contributed by atoms with E-state index in [1.165, 1.54) is 0 Å². The standard InChI is InChI=1S/C6H12O3S/c1-2-4(3-7)5(10)6(8)9/h4-5,7,10H,2-3H2,1H3,(H,8,9). The number of aliphatic hydroxyl groups excluding tert-OH is 1. The van der Waals surface area contributed by atoms with Gasteiger partial charge < -0.3 is 10.2 Å². The molecule has 3 nitrogen and oxygen atoms in total. The summed E-state index contributed by atoms with van der Waals surface area (Å²) in [6.45, 7) is 1.71. The molecule has 0 amide bonds. The summed E-state index contributed by atoms with van der Waals surface area (Å²) in [4.78, 5) is 10.3. The minimum atomic E-state index is -0.968. The number of aliphatic hydroxyl groups is 1. The highest BCUT2D eigenvalue weighted by Gasteiger charge is 2.21. The number of thiol groups is 1. The highest BCUT2D eigenvalue weighted by Crippen LogP contribution is 2.13. The fourth-order valence-corrected chi connectivity index (χ4v) is 0.959. The van der Waals surface area contributed by atoms with Crippen molar-refractivity contribution in [2.45, 2.75) is 18.6 Å². The van der Waals surface area contributed by atoms with Gasteiger partial charge in [0.15, 0.2) is 0 Å². The summed E-state index contributed by atoms with van der Waals surface area (Å²) < 4.78 is 0. The van der Waals surface area contributed by atoms with Gasteiger partial charge in [-0.2, -0.15) is 12.6 Å². The SMILES string of the molecule is CCC(CO)C(S)C(=O)O. The fraction of sp³-hybridized carbons (Fsp3) is 0.833. The molecule has 0 bridgehead atoms. The molecule has 0 aliphatic rings. The monoisotopic (exact) mass is 164 g/mol. The predicted molar refractivity (Wildman–Crippen MR) is 41.3 cm³/mol. The predicted octanol–water partition coefficient (Wildman–Crippen LogP) is 0.388. The lowest BCUT2D eigenvalue weighted by Crippen LogP contribution is -2.26. The van der Waals surface area contributed by atoms with Crippen LogP contribution in [0.1, 0.15) is 13.3 Å². The molecule has 10 heavy (non-hydrogen) atoms. The maximum atomic E-state index is 10.3. The van der Waals surface area contributed by atoms with Crippen molar-refractivity contribution in [2.24, 2.45) is 5.92 Å². The van der Waals surface area contributed by atoms with E-state index in [2.05, 4.69) is 12.6 Å². The zero-order valence-electron chi connectivity index (χ0n) is 5.82. The van der Waals surface area contributed by atoms with Crippen LogP contribution < -0.4 is 0 Å². The Bertz CT molecular complexity index is 112. The Kier molecular flexibility index (Phi) is 4.47. The summed E-state index contributed by atoms with van der Waals surface area (Å²) in [7, 11) is 0. The molecule has 0 saturated carbocycles. The van der Waals surface area contributed by atoms with Crippen LogP contribution in [0.15, 0.2) is 0 Å². The molecule has 0 rings (SSSR count). The van der Waals surface area contributed by atoms with Gasteiger partial charge in [-0.25, -0.2) is 0 Å². The lowest BCUT2D eigenvalue weighted by Gasteiger charge is -2.14. The molecule has 0 aromatic heterocycles. The molecule has 0 aromatic rings. The Balaban J connectivity index is 3.88. The van der Waals surface area contributed by atoms with Gasteiger partial charge in [-0.05, 0) is 6.42 Å².